The van der Waals surface area contributed by atoms with Gasteiger partial charge in [0.15, 0.2) is 0 Å². The monoisotopic (exact) mass is 187 g/mol. The summed E-state index contributed by atoms with van der Waals surface area (Å²) in [7, 11) is 0. The number of carboxylic acids is 1. The predicted molar refractivity (Wildman–Crippen MR) is 48.5 cm³/mol. The van der Waals surface area contributed by atoms with Gasteiger partial charge in [0.1, 0.15) is 6.04 Å². The molecule has 2 unspecified atom stereocenters. The Labute approximate surface area is 78.2 Å². The Bertz CT molecular complexity index is 215. The first-order chi connectivity index (χ1) is 5.87. The van der Waals surface area contributed by atoms with Crippen molar-refractivity contribution in [1.29, 1.82) is 0 Å². The standard InChI is InChI=1S/C9H17NO3/c1-6(8(12)13)10-5-4-7(11)9(10,2)3/h6-7,11H,4-5H2,1-3H3,(H,12,13). The molecule has 2 N–H and O–H groups in total. The highest BCUT2D eigenvalue weighted by Crippen LogP contribution is 2.30. The number of carboxylic acid groups (broad SMARTS) is 1. The fraction of sp³-hybridized carbons (Fsp3) is 0.889. The largest absolute Gasteiger partial charge is 0.480 e. The summed E-state index contributed by atoms with van der Waals surface area (Å²) in [6.07, 6.45) is 0.235. The van der Waals surface area contributed by atoms with Gasteiger partial charge in [-0.3, -0.25) is 9.69 Å². The fourth-order valence-electron chi connectivity index (χ4n) is 1.92. The number of aliphatic carboxylic acids is 1. The molecule has 0 radical (unpaired) electrons. The summed E-state index contributed by atoms with van der Waals surface area (Å²) < 4.78 is 0. The molecule has 4 heteroatoms. The Hall–Kier alpha value is -0.610. The number of rotatable bonds is 2. The van der Waals surface area contributed by atoms with E-state index in [-0.39, 0.29) is 0 Å². The van der Waals surface area contributed by atoms with E-state index in [0.717, 1.165) is 0 Å². The molecule has 1 heterocycles. The molecule has 1 fully saturated rings. The van der Waals surface area contributed by atoms with Crippen molar-refractivity contribution in [3.63, 3.8) is 0 Å². The average molecular weight is 187 g/mol. The molecule has 0 amide bonds. The van der Waals surface area contributed by atoms with Gasteiger partial charge in [0.2, 0.25) is 0 Å². The van der Waals surface area contributed by atoms with E-state index in [2.05, 4.69) is 0 Å². The zero-order valence-electron chi connectivity index (χ0n) is 8.32. The molecule has 1 rings (SSSR count). The van der Waals surface area contributed by atoms with Crippen LogP contribution in [0.25, 0.3) is 0 Å². The van der Waals surface area contributed by atoms with E-state index < -0.39 is 23.7 Å². The SMILES string of the molecule is CC(C(=O)O)N1CCC(O)C1(C)C. The summed E-state index contributed by atoms with van der Waals surface area (Å²) in [4.78, 5) is 12.6. The Morgan fingerprint density at radius 1 is 1.62 bits per heavy atom. The van der Waals surface area contributed by atoms with E-state index in [4.69, 9.17) is 5.11 Å². The van der Waals surface area contributed by atoms with Gasteiger partial charge in [-0.25, -0.2) is 0 Å². The predicted octanol–water partition coefficient (Wildman–Crippen LogP) is 0.305. The van der Waals surface area contributed by atoms with Crippen LogP contribution in [0.4, 0.5) is 0 Å². The van der Waals surface area contributed by atoms with Crippen LogP contribution in [0.3, 0.4) is 0 Å². The van der Waals surface area contributed by atoms with Gasteiger partial charge in [-0.2, -0.15) is 0 Å². The third kappa shape index (κ3) is 1.69. The molecular formula is C9H17NO3. The van der Waals surface area contributed by atoms with E-state index in [1.807, 2.05) is 18.7 Å². The van der Waals surface area contributed by atoms with Crippen LogP contribution in [0.2, 0.25) is 0 Å². The minimum atomic E-state index is -0.831. The molecule has 1 saturated heterocycles. The van der Waals surface area contributed by atoms with Crippen LogP contribution in [0.15, 0.2) is 0 Å². The number of aliphatic hydroxyl groups is 1. The smallest absolute Gasteiger partial charge is 0.320 e. The average Bonchev–Trinajstić information content (AvgIpc) is 2.26. The van der Waals surface area contributed by atoms with E-state index in [1.165, 1.54) is 0 Å². The molecule has 1 aliphatic heterocycles. The van der Waals surface area contributed by atoms with Crippen LogP contribution < -0.4 is 0 Å². The van der Waals surface area contributed by atoms with Crippen LogP contribution in [0.1, 0.15) is 27.2 Å². The first kappa shape index (κ1) is 10.5. The summed E-state index contributed by atoms with van der Waals surface area (Å²) in [5.74, 6) is -0.831. The van der Waals surface area contributed by atoms with Gasteiger partial charge in [0, 0.05) is 12.1 Å². The molecule has 4 nitrogen and oxygen atoms in total. The van der Waals surface area contributed by atoms with Gasteiger partial charge in [-0.15, -0.1) is 0 Å². The third-order valence-electron chi connectivity index (χ3n) is 3.02. The van der Waals surface area contributed by atoms with Crippen molar-refractivity contribution in [2.24, 2.45) is 0 Å². The van der Waals surface area contributed by atoms with Crippen LogP contribution in [-0.4, -0.2) is 45.3 Å². The summed E-state index contributed by atoms with van der Waals surface area (Å²) in [6.45, 7) is 6.07. The topological polar surface area (TPSA) is 60.8 Å². The number of aliphatic hydroxyl groups excluding tert-OH is 1. The van der Waals surface area contributed by atoms with Gasteiger partial charge in [0.25, 0.3) is 0 Å². The first-order valence-corrected chi connectivity index (χ1v) is 4.55. The number of carbonyl (C=O) groups is 1. The highest BCUT2D eigenvalue weighted by Gasteiger charge is 2.44. The fourth-order valence-corrected chi connectivity index (χ4v) is 1.92. The van der Waals surface area contributed by atoms with Crippen molar-refractivity contribution >= 4 is 5.97 Å². The summed E-state index contributed by atoms with van der Waals surface area (Å²) in [6, 6.07) is -0.521. The molecular weight excluding hydrogens is 170 g/mol. The Morgan fingerprint density at radius 3 is 2.46 bits per heavy atom. The molecule has 76 valence electrons. The maximum Gasteiger partial charge on any atom is 0.320 e. The Morgan fingerprint density at radius 2 is 2.15 bits per heavy atom. The molecule has 13 heavy (non-hydrogen) atoms. The van der Waals surface area contributed by atoms with Crippen LogP contribution >= 0.6 is 0 Å². The number of nitrogens with zero attached hydrogens (tertiary/aromatic N) is 1. The summed E-state index contributed by atoms with van der Waals surface area (Å²) in [5.41, 5.74) is -0.419. The lowest BCUT2D eigenvalue weighted by Gasteiger charge is -2.36. The van der Waals surface area contributed by atoms with E-state index in [1.54, 1.807) is 6.92 Å². The van der Waals surface area contributed by atoms with Gasteiger partial charge in [-0.05, 0) is 27.2 Å². The van der Waals surface area contributed by atoms with Crippen molar-refractivity contribution in [3.8, 4) is 0 Å². The van der Waals surface area contributed by atoms with Crippen molar-refractivity contribution in [3.05, 3.63) is 0 Å². The summed E-state index contributed by atoms with van der Waals surface area (Å²) >= 11 is 0. The molecule has 0 aliphatic carbocycles. The van der Waals surface area contributed by atoms with Crippen molar-refractivity contribution in [2.45, 2.75) is 44.9 Å². The van der Waals surface area contributed by atoms with Gasteiger partial charge >= 0.3 is 5.97 Å². The second-order valence-electron chi connectivity index (χ2n) is 4.17. The second-order valence-corrected chi connectivity index (χ2v) is 4.17. The van der Waals surface area contributed by atoms with E-state index in [9.17, 15) is 9.90 Å². The van der Waals surface area contributed by atoms with Crippen LogP contribution in [0.5, 0.6) is 0 Å². The normalized spacial score (nSPS) is 30.3. The molecule has 1 aliphatic rings. The van der Waals surface area contributed by atoms with E-state index in [0.29, 0.717) is 13.0 Å². The third-order valence-corrected chi connectivity index (χ3v) is 3.02. The maximum atomic E-state index is 10.8. The van der Waals surface area contributed by atoms with Crippen LogP contribution in [-0.2, 0) is 4.79 Å². The minimum Gasteiger partial charge on any atom is -0.480 e. The Balaban J connectivity index is 2.77. The molecule has 0 saturated carbocycles. The Kier molecular flexibility index (Phi) is 2.63. The number of likely N-dealkylation sites (tertiary alicyclic amines) is 1. The van der Waals surface area contributed by atoms with Crippen molar-refractivity contribution < 1.29 is 15.0 Å². The quantitative estimate of drug-likeness (QED) is 0.653. The highest BCUT2D eigenvalue weighted by molar-refractivity contribution is 5.73. The highest BCUT2D eigenvalue weighted by atomic mass is 16.4. The molecule has 0 aromatic rings. The lowest BCUT2D eigenvalue weighted by atomic mass is 9.97. The zero-order chi connectivity index (χ0) is 10.2. The minimum absolute atomic E-state index is 0.419. The van der Waals surface area contributed by atoms with E-state index >= 15 is 0 Å². The molecule has 0 aromatic carbocycles. The molecule has 2 atom stereocenters. The lowest BCUT2D eigenvalue weighted by Crippen LogP contribution is -2.51. The van der Waals surface area contributed by atoms with Crippen molar-refractivity contribution in [1.82, 2.24) is 4.90 Å². The first-order valence-electron chi connectivity index (χ1n) is 4.55. The molecule has 0 aromatic heterocycles. The zero-order valence-corrected chi connectivity index (χ0v) is 8.32. The van der Waals surface area contributed by atoms with Gasteiger partial charge in [-0.1, -0.05) is 0 Å². The maximum absolute atomic E-state index is 10.8. The van der Waals surface area contributed by atoms with Gasteiger partial charge < -0.3 is 10.2 Å². The van der Waals surface area contributed by atoms with Crippen LogP contribution in [0, 0.1) is 0 Å². The summed E-state index contributed by atoms with van der Waals surface area (Å²) in [5, 5.41) is 18.5. The number of hydrogen-bond donors (Lipinski definition) is 2. The lowest BCUT2D eigenvalue weighted by molar-refractivity contribution is -0.144. The van der Waals surface area contributed by atoms with Crippen molar-refractivity contribution in [2.75, 3.05) is 6.54 Å². The molecule has 0 spiro atoms. The molecule has 0 bridgehead atoms. The second kappa shape index (κ2) is 3.27. The van der Waals surface area contributed by atoms with Gasteiger partial charge in [0.05, 0.1) is 6.10 Å². The number of hydrogen-bond acceptors (Lipinski definition) is 3.